The van der Waals surface area contributed by atoms with E-state index < -0.39 is 21.3 Å². The van der Waals surface area contributed by atoms with Gasteiger partial charge in [-0.2, -0.15) is 0 Å². The molecule has 2 atom stereocenters. The third-order valence-corrected chi connectivity index (χ3v) is 4.76. The quantitative estimate of drug-likeness (QED) is 0.489. The first-order chi connectivity index (χ1) is 8.47. The van der Waals surface area contributed by atoms with Gasteiger partial charge in [0.05, 0.1) is 17.9 Å². The zero-order valence-electron chi connectivity index (χ0n) is 10.7. The summed E-state index contributed by atoms with van der Waals surface area (Å²) in [5.41, 5.74) is 0. The summed E-state index contributed by atoms with van der Waals surface area (Å²) in [7, 11) is -1.91. The van der Waals surface area contributed by atoms with E-state index in [4.69, 9.17) is 4.74 Å². The van der Waals surface area contributed by atoms with Gasteiger partial charge in [0.1, 0.15) is 0 Å². The number of nitrogens with one attached hydrogen (secondary N) is 3. The summed E-state index contributed by atoms with van der Waals surface area (Å²) < 4.78 is 31.0. The van der Waals surface area contributed by atoms with Gasteiger partial charge in [-0.05, 0) is 19.9 Å². The summed E-state index contributed by atoms with van der Waals surface area (Å²) in [5, 5.41) is 5.12. The molecule has 0 bridgehead atoms. The van der Waals surface area contributed by atoms with Crippen molar-refractivity contribution in [2.45, 2.75) is 24.6 Å². The molecule has 1 aliphatic rings. The van der Waals surface area contributed by atoms with Crippen molar-refractivity contribution < 1.29 is 17.9 Å². The van der Waals surface area contributed by atoms with Crippen molar-refractivity contribution in [1.29, 1.82) is 0 Å². The summed E-state index contributed by atoms with van der Waals surface area (Å²) in [5.74, 6) is -0.346. The molecule has 8 heteroatoms. The van der Waals surface area contributed by atoms with Crippen LogP contribution in [-0.4, -0.2) is 59.0 Å². The first-order valence-corrected chi connectivity index (χ1v) is 7.50. The Hall–Kier alpha value is -0.700. The number of carbonyl (C=O) groups excluding carboxylic acids is 1. The Morgan fingerprint density at radius 2 is 2.28 bits per heavy atom. The molecule has 18 heavy (non-hydrogen) atoms. The zero-order chi connectivity index (χ0) is 13.6. The van der Waals surface area contributed by atoms with Crippen molar-refractivity contribution in [3.8, 4) is 0 Å². The second kappa shape index (κ2) is 7.03. The van der Waals surface area contributed by atoms with E-state index in [0.717, 1.165) is 0 Å². The lowest BCUT2D eigenvalue weighted by Gasteiger charge is -2.17. The average molecular weight is 279 g/mol. The van der Waals surface area contributed by atoms with Crippen LogP contribution < -0.4 is 15.4 Å². The van der Waals surface area contributed by atoms with Crippen LogP contribution in [0.25, 0.3) is 0 Å². The van der Waals surface area contributed by atoms with Gasteiger partial charge in [-0.25, -0.2) is 13.1 Å². The largest absolute Gasteiger partial charge is 0.383 e. The Balaban J connectivity index is 2.42. The van der Waals surface area contributed by atoms with E-state index in [1.165, 1.54) is 14.0 Å². The summed E-state index contributed by atoms with van der Waals surface area (Å²) in [4.78, 5) is 11.6. The fourth-order valence-electron chi connectivity index (χ4n) is 1.72. The van der Waals surface area contributed by atoms with E-state index in [1.807, 2.05) is 0 Å². The highest BCUT2D eigenvalue weighted by Gasteiger charge is 2.31. The van der Waals surface area contributed by atoms with Crippen LogP contribution in [0, 0.1) is 0 Å². The molecule has 0 aromatic carbocycles. The van der Waals surface area contributed by atoms with Gasteiger partial charge >= 0.3 is 0 Å². The molecule has 1 aliphatic heterocycles. The summed E-state index contributed by atoms with van der Waals surface area (Å²) in [6.45, 7) is 3.43. The molecule has 2 unspecified atom stereocenters. The number of hydrogen-bond donors (Lipinski definition) is 3. The molecule has 3 N–H and O–H groups in total. The monoisotopic (exact) mass is 279 g/mol. The zero-order valence-corrected chi connectivity index (χ0v) is 11.5. The van der Waals surface area contributed by atoms with Crippen molar-refractivity contribution in [2.75, 3.05) is 33.4 Å². The van der Waals surface area contributed by atoms with Gasteiger partial charge in [0.2, 0.25) is 15.9 Å². The molecular weight excluding hydrogens is 258 g/mol. The van der Waals surface area contributed by atoms with Gasteiger partial charge in [0, 0.05) is 20.2 Å². The molecule has 7 nitrogen and oxygen atoms in total. The number of sulfonamides is 1. The number of amides is 1. The summed E-state index contributed by atoms with van der Waals surface area (Å²) >= 11 is 0. The second-order valence-electron chi connectivity index (χ2n) is 4.28. The van der Waals surface area contributed by atoms with Gasteiger partial charge in [0.15, 0.2) is 0 Å². The number of methoxy groups -OCH3 is 1. The molecule has 0 spiro atoms. The SMILES string of the molecule is COCCNC(=O)C(C)NS(=O)(=O)C1CCNC1. The predicted molar refractivity (Wildman–Crippen MR) is 67.7 cm³/mol. The maximum absolute atomic E-state index is 11.9. The van der Waals surface area contributed by atoms with E-state index in [0.29, 0.717) is 32.7 Å². The number of hydrogen-bond acceptors (Lipinski definition) is 5. The van der Waals surface area contributed by atoms with Crippen molar-refractivity contribution in [3.05, 3.63) is 0 Å². The molecule has 1 amide bonds. The van der Waals surface area contributed by atoms with Crippen LogP contribution in [0.1, 0.15) is 13.3 Å². The van der Waals surface area contributed by atoms with Gasteiger partial charge in [0.25, 0.3) is 0 Å². The predicted octanol–water partition coefficient (Wildman–Crippen LogP) is -1.58. The van der Waals surface area contributed by atoms with E-state index in [-0.39, 0.29) is 5.91 Å². The van der Waals surface area contributed by atoms with Crippen LogP contribution in [0.4, 0.5) is 0 Å². The lowest BCUT2D eigenvalue weighted by Crippen LogP contribution is -2.48. The average Bonchev–Trinajstić information content (AvgIpc) is 2.82. The fraction of sp³-hybridized carbons (Fsp3) is 0.900. The van der Waals surface area contributed by atoms with Gasteiger partial charge in [-0.1, -0.05) is 0 Å². The van der Waals surface area contributed by atoms with Crippen molar-refractivity contribution in [1.82, 2.24) is 15.4 Å². The normalized spacial score (nSPS) is 21.8. The highest BCUT2D eigenvalue weighted by molar-refractivity contribution is 7.90. The molecular formula is C10H21N3O4S. The van der Waals surface area contributed by atoms with E-state index in [9.17, 15) is 13.2 Å². The third kappa shape index (κ3) is 4.52. The van der Waals surface area contributed by atoms with E-state index in [2.05, 4.69) is 15.4 Å². The standard InChI is InChI=1S/C10H21N3O4S/c1-8(10(14)12-5-6-17-2)13-18(15,16)9-3-4-11-7-9/h8-9,11,13H,3-7H2,1-2H3,(H,12,14). The molecule has 1 saturated heterocycles. The Morgan fingerprint density at radius 3 is 2.83 bits per heavy atom. The number of rotatable bonds is 7. The maximum Gasteiger partial charge on any atom is 0.237 e. The van der Waals surface area contributed by atoms with Gasteiger partial charge in [-0.15, -0.1) is 0 Å². The molecule has 1 fully saturated rings. The summed E-state index contributed by atoms with van der Waals surface area (Å²) in [6.07, 6.45) is 0.577. The number of carbonyl (C=O) groups is 1. The van der Waals surface area contributed by atoms with Crippen LogP contribution in [0.15, 0.2) is 0 Å². The maximum atomic E-state index is 11.9. The van der Waals surface area contributed by atoms with Crippen LogP contribution in [0.5, 0.6) is 0 Å². The third-order valence-electron chi connectivity index (χ3n) is 2.79. The van der Waals surface area contributed by atoms with Crippen molar-refractivity contribution >= 4 is 15.9 Å². The lowest BCUT2D eigenvalue weighted by atomic mass is 10.3. The molecule has 106 valence electrons. The highest BCUT2D eigenvalue weighted by Crippen LogP contribution is 2.08. The van der Waals surface area contributed by atoms with Gasteiger partial charge < -0.3 is 15.4 Å². The van der Waals surface area contributed by atoms with Crippen LogP contribution >= 0.6 is 0 Å². The van der Waals surface area contributed by atoms with Crippen molar-refractivity contribution in [2.24, 2.45) is 0 Å². The van der Waals surface area contributed by atoms with E-state index >= 15 is 0 Å². The molecule has 1 heterocycles. The topological polar surface area (TPSA) is 96.5 Å². The van der Waals surface area contributed by atoms with Crippen LogP contribution in [-0.2, 0) is 19.6 Å². The van der Waals surface area contributed by atoms with Gasteiger partial charge in [-0.3, -0.25) is 4.79 Å². The first kappa shape index (κ1) is 15.4. The molecule has 0 aromatic rings. The highest BCUT2D eigenvalue weighted by atomic mass is 32.2. The minimum absolute atomic E-state index is 0.346. The Labute approximate surface area is 108 Å². The molecule has 0 radical (unpaired) electrons. The minimum atomic E-state index is -3.44. The molecule has 0 saturated carbocycles. The first-order valence-electron chi connectivity index (χ1n) is 5.96. The Kier molecular flexibility index (Phi) is 6.00. The summed E-state index contributed by atoms with van der Waals surface area (Å²) in [6, 6.07) is -0.771. The Bertz CT molecular complexity index is 365. The van der Waals surface area contributed by atoms with Crippen molar-refractivity contribution in [3.63, 3.8) is 0 Å². The van der Waals surface area contributed by atoms with E-state index in [1.54, 1.807) is 0 Å². The molecule has 1 rings (SSSR count). The molecule has 0 aliphatic carbocycles. The smallest absolute Gasteiger partial charge is 0.237 e. The lowest BCUT2D eigenvalue weighted by molar-refractivity contribution is -0.122. The number of ether oxygens (including phenoxy) is 1. The molecule has 0 aromatic heterocycles. The second-order valence-corrected chi connectivity index (χ2v) is 6.28. The van der Waals surface area contributed by atoms with Crippen LogP contribution in [0.3, 0.4) is 0 Å². The Morgan fingerprint density at radius 1 is 1.56 bits per heavy atom. The van der Waals surface area contributed by atoms with Crippen LogP contribution in [0.2, 0.25) is 0 Å². The minimum Gasteiger partial charge on any atom is -0.383 e. The fourth-order valence-corrected chi connectivity index (χ4v) is 3.28.